The van der Waals surface area contributed by atoms with E-state index in [2.05, 4.69) is 65.1 Å². The van der Waals surface area contributed by atoms with Gasteiger partial charge in [-0.25, -0.2) is 9.97 Å². The smallest absolute Gasteiger partial charge is 0.225 e. The van der Waals surface area contributed by atoms with Gasteiger partial charge >= 0.3 is 0 Å². The zero-order chi connectivity index (χ0) is 22.2. The summed E-state index contributed by atoms with van der Waals surface area (Å²) in [6.45, 7) is 9.12. The summed E-state index contributed by atoms with van der Waals surface area (Å²) in [5, 5.41) is 0. The Kier molecular flexibility index (Phi) is 5.35. The summed E-state index contributed by atoms with van der Waals surface area (Å²) in [6.07, 6.45) is 1.81. The second-order valence-electron chi connectivity index (χ2n) is 9.54. The van der Waals surface area contributed by atoms with Crippen LogP contribution >= 0.6 is 0 Å². The Labute approximate surface area is 189 Å². The van der Waals surface area contributed by atoms with E-state index in [0.29, 0.717) is 18.6 Å². The molecule has 2 fully saturated rings. The first kappa shape index (κ1) is 20.9. The third-order valence-electron chi connectivity index (χ3n) is 6.73. The Hall–Kier alpha value is -2.96. The lowest BCUT2D eigenvalue weighted by Crippen LogP contribution is -2.66. The van der Waals surface area contributed by atoms with Gasteiger partial charge in [-0.1, -0.05) is 50.2 Å². The summed E-state index contributed by atoms with van der Waals surface area (Å²) in [4.78, 5) is 11.3. The highest BCUT2D eigenvalue weighted by molar-refractivity contribution is 5.41. The maximum Gasteiger partial charge on any atom is 0.225 e. The van der Waals surface area contributed by atoms with Crippen LogP contribution in [0.3, 0.4) is 0 Å². The standard InChI is InChI=1S/C26H30N4O2/c1-25(2,20-5-3-19(13-27)4-6-20)21-7-9-23(10-8-21)32-14-22-11-12-28-24(29-22)30-15-26(16-30)17-31-18-26/h3-12H,13-18,27H2,1-2H3. The second kappa shape index (κ2) is 8.19. The number of anilines is 1. The average molecular weight is 431 g/mol. The Balaban J connectivity index is 1.21. The molecule has 0 aliphatic carbocycles. The molecule has 3 aromatic rings. The first-order valence-corrected chi connectivity index (χ1v) is 11.1. The van der Waals surface area contributed by atoms with Crippen molar-refractivity contribution in [3.05, 3.63) is 83.2 Å². The molecule has 166 valence electrons. The van der Waals surface area contributed by atoms with Crippen molar-refractivity contribution in [2.75, 3.05) is 31.2 Å². The predicted octanol–water partition coefficient (Wildman–Crippen LogP) is 3.68. The number of hydrogen-bond donors (Lipinski definition) is 1. The van der Waals surface area contributed by atoms with Crippen molar-refractivity contribution < 1.29 is 9.47 Å². The summed E-state index contributed by atoms with van der Waals surface area (Å²) in [5.41, 5.74) is 10.5. The molecule has 2 aromatic carbocycles. The third-order valence-corrected chi connectivity index (χ3v) is 6.73. The van der Waals surface area contributed by atoms with Gasteiger partial charge in [-0.15, -0.1) is 0 Å². The van der Waals surface area contributed by atoms with E-state index in [1.54, 1.807) is 0 Å². The van der Waals surface area contributed by atoms with Crippen molar-refractivity contribution in [2.45, 2.75) is 32.4 Å². The first-order valence-electron chi connectivity index (χ1n) is 11.1. The molecule has 3 heterocycles. The minimum Gasteiger partial charge on any atom is -0.487 e. The van der Waals surface area contributed by atoms with Crippen LogP contribution in [0.15, 0.2) is 60.8 Å². The highest BCUT2D eigenvalue weighted by atomic mass is 16.5. The fraction of sp³-hybridized carbons (Fsp3) is 0.385. The molecular formula is C26H30N4O2. The maximum absolute atomic E-state index is 6.01. The van der Waals surface area contributed by atoms with E-state index in [-0.39, 0.29) is 5.41 Å². The molecule has 0 radical (unpaired) electrons. The lowest BCUT2D eigenvalue weighted by Gasteiger charge is -2.54. The molecule has 2 N–H and O–H groups in total. The van der Waals surface area contributed by atoms with Gasteiger partial charge in [-0.3, -0.25) is 0 Å². The average Bonchev–Trinajstić information content (AvgIpc) is 2.76. The lowest BCUT2D eigenvalue weighted by atomic mass is 9.78. The van der Waals surface area contributed by atoms with E-state index in [0.717, 1.165) is 49.3 Å². The van der Waals surface area contributed by atoms with Gasteiger partial charge in [0.2, 0.25) is 5.95 Å². The topological polar surface area (TPSA) is 73.5 Å². The fourth-order valence-electron chi connectivity index (χ4n) is 4.44. The van der Waals surface area contributed by atoms with Gasteiger partial charge in [0.05, 0.1) is 24.3 Å². The molecule has 32 heavy (non-hydrogen) atoms. The van der Waals surface area contributed by atoms with Crippen molar-refractivity contribution in [2.24, 2.45) is 11.1 Å². The van der Waals surface area contributed by atoms with Crippen molar-refractivity contribution in [1.82, 2.24) is 9.97 Å². The highest BCUT2D eigenvalue weighted by Crippen LogP contribution is 2.39. The largest absolute Gasteiger partial charge is 0.487 e. The van der Waals surface area contributed by atoms with E-state index >= 15 is 0 Å². The Morgan fingerprint density at radius 1 is 1.00 bits per heavy atom. The molecule has 1 aromatic heterocycles. The zero-order valence-corrected chi connectivity index (χ0v) is 18.8. The van der Waals surface area contributed by atoms with E-state index in [9.17, 15) is 0 Å². The molecule has 0 amide bonds. The molecule has 1 spiro atoms. The van der Waals surface area contributed by atoms with Crippen LogP contribution in [0.25, 0.3) is 0 Å². The van der Waals surface area contributed by atoms with Gasteiger partial charge in [-0.2, -0.15) is 0 Å². The van der Waals surface area contributed by atoms with Crippen LogP contribution in [0.5, 0.6) is 5.75 Å². The van der Waals surface area contributed by atoms with Gasteiger partial charge in [0.15, 0.2) is 0 Å². The van der Waals surface area contributed by atoms with Gasteiger partial charge in [0.1, 0.15) is 12.4 Å². The number of nitrogens with two attached hydrogens (primary N) is 1. The van der Waals surface area contributed by atoms with Gasteiger partial charge < -0.3 is 20.1 Å². The lowest BCUT2D eigenvalue weighted by molar-refractivity contribution is -0.127. The number of benzene rings is 2. The Morgan fingerprint density at radius 2 is 1.66 bits per heavy atom. The second-order valence-corrected chi connectivity index (χ2v) is 9.54. The number of nitrogens with zero attached hydrogens (tertiary/aromatic N) is 3. The van der Waals surface area contributed by atoms with E-state index in [4.69, 9.17) is 15.2 Å². The van der Waals surface area contributed by atoms with Crippen LogP contribution in [0.4, 0.5) is 5.95 Å². The van der Waals surface area contributed by atoms with Crippen LogP contribution < -0.4 is 15.4 Å². The molecule has 5 rings (SSSR count). The molecular weight excluding hydrogens is 400 g/mol. The van der Waals surface area contributed by atoms with E-state index < -0.39 is 0 Å². The zero-order valence-electron chi connectivity index (χ0n) is 18.8. The summed E-state index contributed by atoms with van der Waals surface area (Å²) >= 11 is 0. The fourth-order valence-corrected chi connectivity index (χ4v) is 4.44. The van der Waals surface area contributed by atoms with Gasteiger partial charge in [0.25, 0.3) is 0 Å². The molecule has 0 bridgehead atoms. The van der Waals surface area contributed by atoms with Crippen LogP contribution in [0, 0.1) is 5.41 Å². The van der Waals surface area contributed by atoms with Gasteiger partial charge in [0, 0.05) is 31.2 Å². The normalized spacial score (nSPS) is 17.0. The molecule has 6 nitrogen and oxygen atoms in total. The SMILES string of the molecule is CC(C)(c1ccc(CN)cc1)c1ccc(OCc2ccnc(N3CC4(COC4)C3)n2)cc1. The van der Waals surface area contributed by atoms with Gasteiger partial charge in [-0.05, 0) is 34.9 Å². The molecule has 0 unspecified atom stereocenters. The third kappa shape index (κ3) is 3.96. The molecule has 2 aliphatic heterocycles. The van der Waals surface area contributed by atoms with Crippen molar-refractivity contribution >= 4 is 5.95 Å². The van der Waals surface area contributed by atoms with Crippen molar-refractivity contribution in [3.8, 4) is 5.75 Å². The summed E-state index contributed by atoms with van der Waals surface area (Å²) < 4.78 is 11.4. The van der Waals surface area contributed by atoms with Crippen molar-refractivity contribution in [1.29, 1.82) is 0 Å². The van der Waals surface area contributed by atoms with E-state index in [1.165, 1.54) is 11.1 Å². The molecule has 0 atom stereocenters. The minimum atomic E-state index is -0.104. The summed E-state index contributed by atoms with van der Waals surface area (Å²) in [6, 6.07) is 18.8. The highest BCUT2D eigenvalue weighted by Gasteiger charge is 2.49. The summed E-state index contributed by atoms with van der Waals surface area (Å²) in [7, 11) is 0. The maximum atomic E-state index is 6.01. The monoisotopic (exact) mass is 430 g/mol. The van der Waals surface area contributed by atoms with Crippen LogP contribution in [-0.2, 0) is 23.3 Å². The molecule has 0 saturated carbocycles. The predicted molar refractivity (Wildman–Crippen MR) is 125 cm³/mol. The molecule has 6 heteroatoms. The number of rotatable bonds is 7. The number of hydrogen-bond acceptors (Lipinski definition) is 6. The Morgan fingerprint density at radius 3 is 2.25 bits per heavy atom. The summed E-state index contributed by atoms with van der Waals surface area (Å²) in [5.74, 6) is 1.61. The van der Waals surface area contributed by atoms with Crippen LogP contribution in [0.1, 0.15) is 36.2 Å². The Bertz CT molecular complexity index is 1070. The van der Waals surface area contributed by atoms with Crippen LogP contribution in [-0.4, -0.2) is 36.3 Å². The van der Waals surface area contributed by atoms with Crippen molar-refractivity contribution in [3.63, 3.8) is 0 Å². The first-order chi connectivity index (χ1) is 15.5. The quantitative estimate of drug-likeness (QED) is 0.617. The minimum absolute atomic E-state index is 0.104. The molecule has 2 saturated heterocycles. The van der Waals surface area contributed by atoms with E-state index in [1.807, 2.05) is 24.4 Å². The number of aromatic nitrogens is 2. The molecule has 2 aliphatic rings. The number of ether oxygens (including phenoxy) is 2. The van der Waals surface area contributed by atoms with Crippen LogP contribution in [0.2, 0.25) is 0 Å².